The molecule has 27 heavy (non-hydrogen) atoms. The van der Waals surface area contributed by atoms with Gasteiger partial charge in [0.25, 0.3) is 0 Å². The summed E-state index contributed by atoms with van der Waals surface area (Å²) in [5.74, 6) is 1.86. The Bertz CT molecular complexity index is 599. The molecule has 0 N–H and O–H groups in total. The third-order valence-corrected chi connectivity index (χ3v) is 7.14. The first-order valence-electron chi connectivity index (χ1n) is 10.7. The van der Waals surface area contributed by atoms with Gasteiger partial charge in [-0.05, 0) is 59.3 Å². The van der Waals surface area contributed by atoms with Crippen molar-refractivity contribution in [1.82, 2.24) is 14.7 Å². The van der Waals surface area contributed by atoms with E-state index in [0.717, 1.165) is 39.3 Å². The highest BCUT2D eigenvalue weighted by Gasteiger charge is 2.63. The van der Waals surface area contributed by atoms with Gasteiger partial charge >= 0.3 is 6.09 Å². The lowest BCUT2D eigenvalue weighted by Gasteiger charge is -2.60. The topological polar surface area (TPSA) is 53.1 Å². The summed E-state index contributed by atoms with van der Waals surface area (Å²) in [5, 5.41) is 0. The molecule has 1 unspecified atom stereocenters. The molecule has 0 aromatic heterocycles. The normalized spacial score (nSPS) is 31.9. The van der Waals surface area contributed by atoms with Crippen molar-refractivity contribution in [3.05, 3.63) is 0 Å². The summed E-state index contributed by atoms with van der Waals surface area (Å²) in [7, 11) is 0. The zero-order valence-electron chi connectivity index (χ0n) is 17.5. The molecular weight excluding hydrogens is 342 g/mol. The Labute approximate surface area is 163 Å². The van der Waals surface area contributed by atoms with E-state index in [-0.39, 0.29) is 6.09 Å². The van der Waals surface area contributed by atoms with Gasteiger partial charge in [0.1, 0.15) is 5.60 Å². The molecule has 0 aromatic carbocycles. The molecule has 0 aromatic rings. The number of amides is 2. The van der Waals surface area contributed by atoms with Gasteiger partial charge in [-0.15, -0.1) is 0 Å². The summed E-state index contributed by atoms with van der Waals surface area (Å²) in [4.78, 5) is 31.1. The van der Waals surface area contributed by atoms with Gasteiger partial charge in [0, 0.05) is 56.6 Å². The minimum absolute atomic E-state index is 0.170. The zero-order chi connectivity index (χ0) is 19.6. The predicted octanol–water partition coefficient (Wildman–Crippen LogP) is 2.43. The lowest BCUT2D eigenvalue weighted by Crippen LogP contribution is -2.67. The number of ether oxygens (including phenoxy) is 1. The number of carbonyl (C=O) groups excluding carboxylic acids is 2. The van der Waals surface area contributed by atoms with Crippen LogP contribution in [0.25, 0.3) is 0 Å². The largest absolute Gasteiger partial charge is 0.444 e. The first-order chi connectivity index (χ1) is 12.7. The molecule has 0 radical (unpaired) electrons. The lowest BCUT2D eigenvalue weighted by molar-refractivity contribution is -0.134. The van der Waals surface area contributed by atoms with Crippen LogP contribution in [0.3, 0.4) is 0 Å². The van der Waals surface area contributed by atoms with E-state index >= 15 is 0 Å². The van der Waals surface area contributed by atoms with Crippen LogP contribution in [-0.2, 0) is 9.53 Å². The molecule has 2 aliphatic carbocycles. The van der Waals surface area contributed by atoms with E-state index in [1.165, 1.54) is 12.8 Å². The molecule has 2 amide bonds. The maximum atomic E-state index is 12.6. The third kappa shape index (κ3) is 3.34. The molecule has 2 aliphatic heterocycles. The highest BCUT2D eigenvalue weighted by molar-refractivity contribution is 5.82. The van der Waals surface area contributed by atoms with Crippen LogP contribution < -0.4 is 0 Å². The van der Waals surface area contributed by atoms with Crippen molar-refractivity contribution in [1.29, 1.82) is 0 Å². The number of likely N-dealkylation sites (tertiary alicyclic amines) is 2. The Morgan fingerprint density at radius 3 is 2.11 bits per heavy atom. The fourth-order valence-electron chi connectivity index (χ4n) is 5.64. The number of hydrogen-bond acceptors (Lipinski definition) is 4. The molecule has 6 heteroatoms. The molecular formula is C21H35N3O3. The van der Waals surface area contributed by atoms with Gasteiger partial charge in [-0.1, -0.05) is 0 Å². The van der Waals surface area contributed by atoms with E-state index in [1.54, 1.807) is 0 Å². The number of carbonyl (C=O) groups is 2. The molecule has 4 aliphatic rings. The molecule has 3 atom stereocenters. The van der Waals surface area contributed by atoms with Crippen molar-refractivity contribution >= 4 is 12.0 Å². The molecule has 2 saturated carbocycles. The van der Waals surface area contributed by atoms with Crippen LogP contribution in [0, 0.1) is 23.2 Å². The predicted molar refractivity (Wildman–Crippen MR) is 103 cm³/mol. The van der Waals surface area contributed by atoms with Crippen LogP contribution >= 0.6 is 0 Å². The molecule has 1 spiro atoms. The van der Waals surface area contributed by atoms with Gasteiger partial charge in [-0.3, -0.25) is 9.69 Å². The summed E-state index contributed by atoms with van der Waals surface area (Å²) >= 11 is 0. The Balaban J connectivity index is 1.19. The van der Waals surface area contributed by atoms with Crippen molar-refractivity contribution in [2.75, 3.05) is 39.3 Å². The molecule has 2 saturated heterocycles. The van der Waals surface area contributed by atoms with E-state index in [9.17, 15) is 9.59 Å². The van der Waals surface area contributed by atoms with Gasteiger partial charge in [0.05, 0.1) is 0 Å². The van der Waals surface area contributed by atoms with Crippen LogP contribution in [-0.4, -0.2) is 77.6 Å². The third-order valence-electron chi connectivity index (χ3n) is 7.14. The molecule has 152 valence electrons. The van der Waals surface area contributed by atoms with Gasteiger partial charge in [0.2, 0.25) is 5.91 Å². The van der Waals surface area contributed by atoms with Crippen LogP contribution in [0.5, 0.6) is 0 Å². The average Bonchev–Trinajstić information content (AvgIpc) is 2.99. The molecule has 4 fully saturated rings. The smallest absolute Gasteiger partial charge is 0.410 e. The second-order valence-corrected chi connectivity index (χ2v) is 10.2. The quantitative estimate of drug-likeness (QED) is 0.755. The molecule has 4 rings (SSSR count). The SMILES string of the molecule is CCN(CC)C(=O)C1[C@H]2CN(C3CC4(C3)CN(C(=O)OC(C)(C)C)C4)C[C@@H]12. The fraction of sp³-hybridized carbons (Fsp3) is 0.905. The number of piperidine rings is 1. The Kier molecular flexibility index (Phi) is 4.48. The van der Waals surface area contributed by atoms with Gasteiger partial charge in [-0.2, -0.15) is 0 Å². The standard InChI is InChI=1S/C21H35N3O3/c1-6-22(7-2)18(25)17-15-10-23(11-16(15)17)14-8-21(9-14)12-24(13-21)19(26)27-20(3,4)5/h14-17H,6-13H2,1-5H3/t15-,16+,17?. The summed E-state index contributed by atoms with van der Waals surface area (Å²) in [6, 6.07) is 0.655. The monoisotopic (exact) mass is 377 g/mol. The fourth-order valence-corrected chi connectivity index (χ4v) is 5.64. The first kappa shape index (κ1) is 19.0. The maximum absolute atomic E-state index is 12.6. The van der Waals surface area contributed by atoms with Crippen molar-refractivity contribution in [3.8, 4) is 0 Å². The van der Waals surface area contributed by atoms with E-state index in [4.69, 9.17) is 4.74 Å². The van der Waals surface area contributed by atoms with Gasteiger partial charge in [-0.25, -0.2) is 4.79 Å². The molecule has 2 heterocycles. The van der Waals surface area contributed by atoms with Crippen molar-refractivity contribution in [2.24, 2.45) is 23.2 Å². The van der Waals surface area contributed by atoms with Gasteiger partial charge in [0.15, 0.2) is 0 Å². The van der Waals surface area contributed by atoms with Crippen LogP contribution in [0.1, 0.15) is 47.5 Å². The van der Waals surface area contributed by atoms with E-state index < -0.39 is 5.60 Å². The van der Waals surface area contributed by atoms with Crippen molar-refractivity contribution in [3.63, 3.8) is 0 Å². The molecule has 6 nitrogen and oxygen atoms in total. The average molecular weight is 378 g/mol. The zero-order valence-corrected chi connectivity index (χ0v) is 17.5. The second-order valence-electron chi connectivity index (χ2n) is 10.2. The van der Waals surface area contributed by atoms with Crippen molar-refractivity contribution in [2.45, 2.75) is 59.1 Å². The molecule has 0 bridgehead atoms. The number of nitrogens with zero attached hydrogens (tertiary/aromatic N) is 3. The second kappa shape index (κ2) is 6.36. The summed E-state index contributed by atoms with van der Waals surface area (Å²) in [5.41, 5.74) is -0.0809. The van der Waals surface area contributed by atoms with Crippen molar-refractivity contribution < 1.29 is 14.3 Å². The minimum Gasteiger partial charge on any atom is -0.444 e. The Morgan fingerprint density at radius 2 is 1.63 bits per heavy atom. The summed E-state index contributed by atoms with van der Waals surface area (Å²) < 4.78 is 5.46. The van der Waals surface area contributed by atoms with E-state index in [2.05, 4.69) is 18.7 Å². The first-order valence-corrected chi connectivity index (χ1v) is 10.7. The number of fused-ring (bicyclic) bond motifs is 1. The lowest BCUT2D eigenvalue weighted by atomic mass is 9.60. The maximum Gasteiger partial charge on any atom is 0.410 e. The van der Waals surface area contributed by atoms with E-state index in [1.807, 2.05) is 30.6 Å². The summed E-state index contributed by atoms with van der Waals surface area (Å²) in [6.07, 6.45) is 2.22. The highest BCUT2D eigenvalue weighted by Crippen LogP contribution is 2.57. The number of hydrogen-bond donors (Lipinski definition) is 0. The van der Waals surface area contributed by atoms with E-state index in [0.29, 0.717) is 35.1 Å². The minimum atomic E-state index is -0.419. The van der Waals surface area contributed by atoms with Gasteiger partial charge < -0.3 is 14.5 Å². The van der Waals surface area contributed by atoms with Crippen LogP contribution in [0.2, 0.25) is 0 Å². The Hall–Kier alpha value is -1.30. The number of rotatable bonds is 4. The Morgan fingerprint density at radius 1 is 1.07 bits per heavy atom. The van der Waals surface area contributed by atoms with Crippen LogP contribution in [0.4, 0.5) is 4.79 Å². The summed E-state index contributed by atoms with van der Waals surface area (Å²) in [6.45, 7) is 15.4. The highest BCUT2D eigenvalue weighted by atomic mass is 16.6. The van der Waals surface area contributed by atoms with Crippen LogP contribution in [0.15, 0.2) is 0 Å².